The molecule has 1 heterocycles. The summed E-state index contributed by atoms with van der Waals surface area (Å²) in [5, 5.41) is 19.0. The smallest absolute Gasteiger partial charge is 0.264 e. The first kappa shape index (κ1) is 16.6. The number of aliphatic hydroxyl groups is 1. The fourth-order valence-electron chi connectivity index (χ4n) is 2.50. The molecule has 2 rings (SSSR count). The SMILES string of the molecule is O=c1[nH]c(=S)n(CCC2=CCCCC2)c(O)c1C=NCCO. The average Bonchev–Trinajstić information content (AvgIpc) is 2.51. The van der Waals surface area contributed by atoms with Crippen molar-refractivity contribution in [3.05, 3.63) is 32.3 Å². The van der Waals surface area contributed by atoms with Crippen LogP contribution in [0, 0.1) is 4.77 Å². The number of aromatic nitrogens is 2. The van der Waals surface area contributed by atoms with E-state index < -0.39 is 5.56 Å². The van der Waals surface area contributed by atoms with Gasteiger partial charge in [-0.15, -0.1) is 0 Å². The zero-order valence-corrected chi connectivity index (χ0v) is 13.2. The summed E-state index contributed by atoms with van der Waals surface area (Å²) in [4.78, 5) is 18.3. The Morgan fingerprint density at radius 3 is 2.95 bits per heavy atom. The van der Waals surface area contributed by atoms with Crippen molar-refractivity contribution >= 4 is 18.4 Å². The van der Waals surface area contributed by atoms with Crippen LogP contribution in [0.5, 0.6) is 5.88 Å². The second kappa shape index (κ2) is 8.05. The molecule has 1 aliphatic rings. The van der Waals surface area contributed by atoms with Crippen molar-refractivity contribution in [1.29, 1.82) is 0 Å². The lowest BCUT2D eigenvalue weighted by molar-refractivity contribution is 0.307. The lowest BCUT2D eigenvalue weighted by atomic mass is 9.97. The first-order chi connectivity index (χ1) is 10.6. The van der Waals surface area contributed by atoms with E-state index in [1.165, 1.54) is 29.2 Å². The molecular formula is C15H21N3O3S. The third-order valence-electron chi connectivity index (χ3n) is 3.70. The van der Waals surface area contributed by atoms with Crippen molar-refractivity contribution in [2.75, 3.05) is 13.2 Å². The number of nitrogens with zero attached hydrogens (tertiary/aromatic N) is 2. The molecule has 120 valence electrons. The highest BCUT2D eigenvalue weighted by Gasteiger charge is 2.12. The fourth-order valence-corrected chi connectivity index (χ4v) is 2.77. The van der Waals surface area contributed by atoms with E-state index in [9.17, 15) is 9.90 Å². The van der Waals surface area contributed by atoms with Gasteiger partial charge in [0, 0.05) is 12.8 Å². The number of hydrogen-bond donors (Lipinski definition) is 3. The Hall–Kier alpha value is -1.73. The highest BCUT2D eigenvalue weighted by atomic mass is 32.1. The molecule has 0 saturated heterocycles. The zero-order chi connectivity index (χ0) is 15.9. The Morgan fingerprint density at radius 2 is 2.27 bits per heavy atom. The summed E-state index contributed by atoms with van der Waals surface area (Å²) in [6.07, 6.45) is 8.96. The van der Waals surface area contributed by atoms with Gasteiger partial charge in [-0.3, -0.25) is 19.3 Å². The van der Waals surface area contributed by atoms with Crippen molar-refractivity contribution in [3.63, 3.8) is 0 Å². The highest BCUT2D eigenvalue weighted by molar-refractivity contribution is 7.71. The van der Waals surface area contributed by atoms with E-state index >= 15 is 0 Å². The number of H-pyrrole nitrogens is 1. The van der Waals surface area contributed by atoms with E-state index in [0.29, 0.717) is 6.54 Å². The Kier molecular flexibility index (Phi) is 6.09. The molecule has 3 N–H and O–H groups in total. The molecule has 1 aromatic rings. The summed E-state index contributed by atoms with van der Waals surface area (Å²) < 4.78 is 1.73. The van der Waals surface area contributed by atoms with E-state index in [1.54, 1.807) is 0 Å². The van der Waals surface area contributed by atoms with Crippen molar-refractivity contribution < 1.29 is 10.2 Å². The molecule has 0 radical (unpaired) electrons. The quantitative estimate of drug-likeness (QED) is 0.424. The molecule has 0 aliphatic heterocycles. The number of allylic oxidation sites excluding steroid dienone is 2. The summed E-state index contributed by atoms with van der Waals surface area (Å²) in [6, 6.07) is 0. The molecule has 0 atom stereocenters. The predicted octanol–water partition coefficient (Wildman–Crippen LogP) is 1.91. The van der Waals surface area contributed by atoms with Crippen LogP contribution >= 0.6 is 12.2 Å². The summed E-state index contributed by atoms with van der Waals surface area (Å²) in [6.45, 7) is 0.595. The lowest BCUT2D eigenvalue weighted by Crippen LogP contribution is -2.19. The minimum Gasteiger partial charge on any atom is -0.494 e. The van der Waals surface area contributed by atoms with Crippen LogP contribution in [0.1, 0.15) is 37.7 Å². The molecule has 0 unspecified atom stereocenters. The molecule has 22 heavy (non-hydrogen) atoms. The van der Waals surface area contributed by atoms with Gasteiger partial charge in [-0.05, 0) is 44.3 Å². The Labute approximate surface area is 133 Å². The number of aromatic amines is 1. The normalized spacial score (nSPS) is 15.2. The van der Waals surface area contributed by atoms with Gasteiger partial charge in [0.1, 0.15) is 5.56 Å². The van der Waals surface area contributed by atoms with E-state index in [0.717, 1.165) is 19.3 Å². The first-order valence-electron chi connectivity index (χ1n) is 7.48. The van der Waals surface area contributed by atoms with Crippen LogP contribution < -0.4 is 5.56 Å². The van der Waals surface area contributed by atoms with Crippen LogP contribution in [0.2, 0.25) is 0 Å². The second-order valence-corrected chi connectivity index (χ2v) is 5.65. The standard InChI is InChI=1S/C15H21N3O3S/c19-9-7-16-10-12-13(20)17-15(22)18(14(12)21)8-6-11-4-2-1-3-5-11/h4,10,19,21H,1-3,5-9H2,(H,17,20,22). The van der Waals surface area contributed by atoms with Gasteiger partial charge in [0.25, 0.3) is 5.56 Å². The molecule has 1 aliphatic carbocycles. The number of rotatable bonds is 6. The van der Waals surface area contributed by atoms with Crippen LogP contribution in [0.25, 0.3) is 0 Å². The topological polar surface area (TPSA) is 90.6 Å². The first-order valence-corrected chi connectivity index (χ1v) is 7.89. The average molecular weight is 323 g/mol. The van der Waals surface area contributed by atoms with E-state index in [2.05, 4.69) is 16.1 Å². The molecule has 0 saturated carbocycles. The van der Waals surface area contributed by atoms with Crippen molar-refractivity contribution in [3.8, 4) is 5.88 Å². The summed E-state index contributed by atoms with van der Waals surface area (Å²) in [7, 11) is 0. The number of nitrogens with one attached hydrogen (secondary N) is 1. The van der Waals surface area contributed by atoms with Gasteiger partial charge in [-0.1, -0.05) is 11.6 Å². The maximum absolute atomic E-state index is 11.9. The molecule has 0 fully saturated rings. The summed E-state index contributed by atoms with van der Waals surface area (Å²) >= 11 is 5.13. The predicted molar refractivity (Wildman–Crippen MR) is 88.3 cm³/mol. The third kappa shape index (κ3) is 4.14. The fraction of sp³-hybridized carbons (Fsp3) is 0.533. The Morgan fingerprint density at radius 1 is 1.45 bits per heavy atom. The van der Waals surface area contributed by atoms with Crippen molar-refractivity contribution in [1.82, 2.24) is 9.55 Å². The Balaban J connectivity index is 2.23. The summed E-state index contributed by atoms with van der Waals surface area (Å²) in [5.74, 6) is -0.174. The molecule has 0 spiro atoms. The monoisotopic (exact) mass is 323 g/mol. The van der Waals surface area contributed by atoms with Gasteiger partial charge in [0.2, 0.25) is 5.88 Å². The molecular weight excluding hydrogens is 302 g/mol. The minimum absolute atomic E-state index is 0.0691. The van der Waals surface area contributed by atoms with Gasteiger partial charge in [-0.2, -0.15) is 0 Å². The molecule has 1 aromatic heterocycles. The molecule has 7 heteroatoms. The number of aliphatic imine (C=N–C) groups is 1. The van der Waals surface area contributed by atoms with E-state index in [1.807, 2.05) is 0 Å². The van der Waals surface area contributed by atoms with Crippen LogP contribution in [0.15, 0.2) is 21.4 Å². The molecule has 0 aromatic carbocycles. The van der Waals surface area contributed by atoms with E-state index in [-0.39, 0.29) is 29.4 Å². The van der Waals surface area contributed by atoms with Crippen LogP contribution in [0.3, 0.4) is 0 Å². The maximum atomic E-state index is 11.9. The van der Waals surface area contributed by atoms with E-state index in [4.69, 9.17) is 17.3 Å². The largest absolute Gasteiger partial charge is 0.494 e. The lowest BCUT2D eigenvalue weighted by Gasteiger charge is -2.15. The van der Waals surface area contributed by atoms with Gasteiger partial charge in [0.05, 0.1) is 13.2 Å². The van der Waals surface area contributed by atoms with Gasteiger partial charge in [-0.25, -0.2) is 0 Å². The zero-order valence-electron chi connectivity index (χ0n) is 12.4. The molecule has 0 bridgehead atoms. The number of aromatic hydroxyl groups is 1. The van der Waals surface area contributed by atoms with Gasteiger partial charge in [0.15, 0.2) is 4.77 Å². The van der Waals surface area contributed by atoms with Crippen LogP contribution in [0.4, 0.5) is 0 Å². The minimum atomic E-state index is -0.475. The number of hydrogen-bond acceptors (Lipinski definition) is 5. The van der Waals surface area contributed by atoms with Crippen molar-refractivity contribution in [2.24, 2.45) is 4.99 Å². The third-order valence-corrected chi connectivity index (χ3v) is 4.02. The summed E-state index contributed by atoms with van der Waals surface area (Å²) in [5.41, 5.74) is 0.964. The highest BCUT2D eigenvalue weighted by Crippen LogP contribution is 2.22. The maximum Gasteiger partial charge on any atom is 0.264 e. The molecule has 0 amide bonds. The van der Waals surface area contributed by atoms with Gasteiger partial charge < -0.3 is 10.2 Å². The van der Waals surface area contributed by atoms with Gasteiger partial charge >= 0.3 is 0 Å². The van der Waals surface area contributed by atoms with Crippen LogP contribution in [-0.4, -0.2) is 39.1 Å². The number of aliphatic hydroxyl groups excluding tert-OH is 1. The van der Waals surface area contributed by atoms with Crippen LogP contribution in [-0.2, 0) is 6.54 Å². The van der Waals surface area contributed by atoms with Crippen molar-refractivity contribution in [2.45, 2.75) is 38.6 Å². The second-order valence-electron chi connectivity index (χ2n) is 5.27. The molecule has 6 nitrogen and oxygen atoms in total. The Bertz CT molecular complexity index is 688.